The number of hydrogen-bond donors (Lipinski definition) is 0. The SMILES string of the molecule is CC(Cl)c1nc2ccc(F)c(F)c2n1-c1ccc(Br)cc1. The number of fused-ring (bicyclic) bond motifs is 1. The maximum absolute atomic E-state index is 14.2. The van der Waals surface area contributed by atoms with E-state index in [1.807, 2.05) is 12.1 Å². The van der Waals surface area contributed by atoms with Crippen molar-refractivity contribution >= 4 is 38.6 Å². The molecule has 0 saturated carbocycles. The highest BCUT2D eigenvalue weighted by Crippen LogP contribution is 2.30. The van der Waals surface area contributed by atoms with Crippen LogP contribution in [-0.2, 0) is 0 Å². The Morgan fingerprint density at radius 3 is 2.43 bits per heavy atom. The molecule has 0 amide bonds. The van der Waals surface area contributed by atoms with Crippen LogP contribution in [0.25, 0.3) is 16.7 Å². The predicted octanol–water partition coefficient (Wildman–Crippen LogP) is 5.37. The van der Waals surface area contributed by atoms with Gasteiger partial charge in [-0.1, -0.05) is 15.9 Å². The Morgan fingerprint density at radius 1 is 1.14 bits per heavy atom. The number of nitrogens with zero attached hydrogens (tertiary/aromatic N) is 2. The number of halogens is 4. The van der Waals surface area contributed by atoms with Crippen LogP contribution < -0.4 is 0 Å². The van der Waals surface area contributed by atoms with Crippen LogP contribution >= 0.6 is 27.5 Å². The van der Waals surface area contributed by atoms with Crippen LogP contribution in [0.2, 0.25) is 0 Å². The van der Waals surface area contributed by atoms with E-state index < -0.39 is 17.0 Å². The van der Waals surface area contributed by atoms with Crippen molar-refractivity contribution in [1.29, 1.82) is 0 Å². The van der Waals surface area contributed by atoms with Crippen molar-refractivity contribution in [2.24, 2.45) is 0 Å². The number of imidazole rings is 1. The standard InChI is InChI=1S/C15H10BrClF2N2/c1-8(17)15-20-12-7-6-11(18)13(19)14(12)21(15)10-4-2-9(16)3-5-10/h2-8H,1H3. The van der Waals surface area contributed by atoms with Crippen LogP contribution in [0, 0.1) is 11.6 Å². The van der Waals surface area contributed by atoms with Gasteiger partial charge in [-0.05, 0) is 43.3 Å². The summed E-state index contributed by atoms with van der Waals surface area (Å²) in [6, 6.07) is 9.74. The lowest BCUT2D eigenvalue weighted by atomic mass is 10.2. The second-order valence-corrected chi connectivity index (χ2v) is 6.20. The van der Waals surface area contributed by atoms with Crippen molar-refractivity contribution in [3.05, 3.63) is 58.3 Å². The number of alkyl halides is 1. The minimum atomic E-state index is -0.925. The summed E-state index contributed by atoms with van der Waals surface area (Å²) in [5.74, 6) is -1.36. The van der Waals surface area contributed by atoms with Gasteiger partial charge in [-0.3, -0.25) is 4.57 Å². The zero-order valence-corrected chi connectivity index (χ0v) is 13.3. The summed E-state index contributed by atoms with van der Waals surface area (Å²) in [6.45, 7) is 1.74. The Hall–Kier alpha value is -1.46. The second-order valence-electron chi connectivity index (χ2n) is 4.63. The Bertz CT molecular complexity index is 813. The van der Waals surface area contributed by atoms with Gasteiger partial charge >= 0.3 is 0 Å². The molecular formula is C15H10BrClF2N2. The third-order valence-electron chi connectivity index (χ3n) is 3.18. The van der Waals surface area contributed by atoms with Gasteiger partial charge in [-0.15, -0.1) is 11.6 Å². The van der Waals surface area contributed by atoms with E-state index in [-0.39, 0.29) is 5.52 Å². The summed E-state index contributed by atoms with van der Waals surface area (Å²) in [5.41, 5.74) is 1.15. The van der Waals surface area contributed by atoms with Crippen molar-refractivity contribution in [3.63, 3.8) is 0 Å². The molecule has 0 aliphatic heterocycles. The lowest BCUT2D eigenvalue weighted by molar-refractivity contribution is 0.514. The first kappa shape index (κ1) is 14.5. The fraction of sp³-hybridized carbons (Fsp3) is 0.133. The number of aromatic nitrogens is 2. The van der Waals surface area contributed by atoms with E-state index in [0.717, 1.165) is 10.5 Å². The van der Waals surface area contributed by atoms with Gasteiger partial charge in [-0.25, -0.2) is 13.8 Å². The lowest BCUT2D eigenvalue weighted by Gasteiger charge is -2.11. The van der Waals surface area contributed by atoms with E-state index in [1.165, 1.54) is 6.07 Å². The molecule has 6 heteroatoms. The predicted molar refractivity (Wildman–Crippen MR) is 83.0 cm³/mol. The maximum Gasteiger partial charge on any atom is 0.185 e. The summed E-state index contributed by atoms with van der Waals surface area (Å²) in [6.07, 6.45) is 0. The van der Waals surface area contributed by atoms with Crippen LogP contribution in [0.1, 0.15) is 18.1 Å². The van der Waals surface area contributed by atoms with Crippen LogP contribution in [-0.4, -0.2) is 9.55 Å². The highest BCUT2D eigenvalue weighted by atomic mass is 79.9. The molecule has 0 spiro atoms. The molecule has 0 saturated heterocycles. The van der Waals surface area contributed by atoms with Crippen molar-refractivity contribution < 1.29 is 8.78 Å². The average molecular weight is 372 g/mol. The Kier molecular flexibility index (Phi) is 3.71. The highest BCUT2D eigenvalue weighted by Gasteiger charge is 2.21. The van der Waals surface area contributed by atoms with Gasteiger partial charge in [0.1, 0.15) is 11.3 Å². The van der Waals surface area contributed by atoms with Gasteiger partial charge < -0.3 is 0 Å². The molecule has 0 radical (unpaired) electrons. The number of hydrogen-bond acceptors (Lipinski definition) is 1. The number of rotatable bonds is 2. The molecule has 1 heterocycles. The topological polar surface area (TPSA) is 17.8 Å². The minimum Gasteiger partial charge on any atom is -0.292 e. The van der Waals surface area contributed by atoms with Crippen LogP contribution in [0.3, 0.4) is 0 Å². The summed E-state index contributed by atoms with van der Waals surface area (Å²) in [5, 5.41) is -0.441. The monoisotopic (exact) mass is 370 g/mol. The van der Waals surface area contributed by atoms with Crippen molar-refractivity contribution in [1.82, 2.24) is 9.55 Å². The summed E-state index contributed by atoms with van der Waals surface area (Å²) >= 11 is 9.49. The molecule has 2 aromatic carbocycles. The van der Waals surface area contributed by atoms with E-state index in [2.05, 4.69) is 20.9 Å². The molecule has 3 rings (SSSR count). The lowest BCUT2D eigenvalue weighted by Crippen LogP contribution is -2.03. The van der Waals surface area contributed by atoms with Gasteiger partial charge in [0.2, 0.25) is 0 Å². The maximum atomic E-state index is 14.2. The smallest absolute Gasteiger partial charge is 0.185 e. The molecule has 108 valence electrons. The summed E-state index contributed by atoms with van der Waals surface area (Å²) in [4.78, 5) is 4.33. The van der Waals surface area contributed by atoms with Gasteiger partial charge in [0.05, 0.1) is 10.9 Å². The highest BCUT2D eigenvalue weighted by molar-refractivity contribution is 9.10. The normalized spacial score (nSPS) is 12.8. The van der Waals surface area contributed by atoms with E-state index in [1.54, 1.807) is 23.6 Å². The van der Waals surface area contributed by atoms with E-state index in [9.17, 15) is 8.78 Å². The molecule has 21 heavy (non-hydrogen) atoms. The molecular weight excluding hydrogens is 362 g/mol. The molecule has 0 aliphatic carbocycles. The first-order valence-electron chi connectivity index (χ1n) is 6.25. The first-order valence-corrected chi connectivity index (χ1v) is 7.48. The van der Waals surface area contributed by atoms with Crippen LogP contribution in [0.5, 0.6) is 0 Å². The van der Waals surface area contributed by atoms with Crippen LogP contribution in [0.4, 0.5) is 8.78 Å². The summed E-state index contributed by atoms with van der Waals surface area (Å²) < 4.78 is 30.2. The second kappa shape index (κ2) is 5.39. The molecule has 0 fully saturated rings. The van der Waals surface area contributed by atoms with Gasteiger partial charge in [0, 0.05) is 10.2 Å². The minimum absolute atomic E-state index is 0.0971. The quantitative estimate of drug-likeness (QED) is 0.554. The number of benzene rings is 2. The van der Waals surface area contributed by atoms with Gasteiger partial charge in [0.25, 0.3) is 0 Å². The molecule has 0 N–H and O–H groups in total. The van der Waals surface area contributed by atoms with Gasteiger partial charge in [-0.2, -0.15) is 0 Å². The fourth-order valence-electron chi connectivity index (χ4n) is 2.24. The molecule has 1 aromatic heterocycles. The zero-order chi connectivity index (χ0) is 15.1. The van der Waals surface area contributed by atoms with E-state index >= 15 is 0 Å². The summed E-state index contributed by atoms with van der Waals surface area (Å²) in [7, 11) is 0. The van der Waals surface area contributed by atoms with E-state index in [0.29, 0.717) is 17.0 Å². The largest absolute Gasteiger partial charge is 0.292 e. The van der Waals surface area contributed by atoms with Crippen LogP contribution in [0.15, 0.2) is 40.9 Å². The molecule has 0 bridgehead atoms. The Labute approximate surface area is 133 Å². The van der Waals surface area contributed by atoms with Crippen molar-refractivity contribution in [3.8, 4) is 5.69 Å². The molecule has 1 atom stereocenters. The molecule has 0 aliphatic rings. The first-order chi connectivity index (χ1) is 9.99. The van der Waals surface area contributed by atoms with E-state index in [4.69, 9.17) is 11.6 Å². The third-order valence-corrected chi connectivity index (χ3v) is 3.90. The molecule has 3 aromatic rings. The zero-order valence-electron chi connectivity index (χ0n) is 10.9. The fourth-order valence-corrected chi connectivity index (χ4v) is 2.65. The Morgan fingerprint density at radius 2 is 1.81 bits per heavy atom. The third kappa shape index (κ3) is 2.45. The van der Waals surface area contributed by atoms with Crippen molar-refractivity contribution in [2.75, 3.05) is 0 Å². The molecule has 2 nitrogen and oxygen atoms in total. The van der Waals surface area contributed by atoms with Gasteiger partial charge in [0.15, 0.2) is 11.6 Å². The Balaban J connectivity index is 2.40. The average Bonchev–Trinajstić information content (AvgIpc) is 2.84. The molecule has 1 unspecified atom stereocenters. The van der Waals surface area contributed by atoms with Crippen molar-refractivity contribution in [2.45, 2.75) is 12.3 Å².